The standard InChI is InChI=1S/C14H25NO/c1-15-10-12-3-4-13(12)11-5-8-16-14(9-11)6-2-7-14/h11-13,15H,2-10H2,1H3. The van der Waals surface area contributed by atoms with Crippen LogP contribution in [-0.4, -0.2) is 25.8 Å². The van der Waals surface area contributed by atoms with Crippen LogP contribution in [0.25, 0.3) is 0 Å². The van der Waals surface area contributed by atoms with Gasteiger partial charge >= 0.3 is 0 Å². The van der Waals surface area contributed by atoms with E-state index in [0.717, 1.165) is 24.4 Å². The van der Waals surface area contributed by atoms with Crippen LogP contribution in [0, 0.1) is 17.8 Å². The van der Waals surface area contributed by atoms with Gasteiger partial charge in [0.05, 0.1) is 5.60 Å². The Balaban J connectivity index is 1.58. The van der Waals surface area contributed by atoms with Crippen LogP contribution < -0.4 is 5.32 Å². The summed E-state index contributed by atoms with van der Waals surface area (Å²) in [5, 5.41) is 3.36. The van der Waals surface area contributed by atoms with Gasteiger partial charge in [-0.25, -0.2) is 0 Å². The van der Waals surface area contributed by atoms with Crippen LogP contribution in [0.15, 0.2) is 0 Å². The first-order valence-electron chi connectivity index (χ1n) is 7.11. The summed E-state index contributed by atoms with van der Waals surface area (Å²) in [6.07, 6.45) is 9.71. The molecule has 16 heavy (non-hydrogen) atoms. The molecule has 1 heterocycles. The predicted molar refractivity (Wildman–Crippen MR) is 65.4 cm³/mol. The van der Waals surface area contributed by atoms with Crippen molar-refractivity contribution in [2.24, 2.45) is 17.8 Å². The molecule has 2 saturated carbocycles. The van der Waals surface area contributed by atoms with Gasteiger partial charge in [-0.1, -0.05) is 0 Å². The van der Waals surface area contributed by atoms with E-state index in [1.54, 1.807) is 0 Å². The average Bonchev–Trinajstić information content (AvgIpc) is 2.23. The molecule has 3 fully saturated rings. The minimum Gasteiger partial charge on any atom is -0.375 e. The van der Waals surface area contributed by atoms with Gasteiger partial charge in [-0.2, -0.15) is 0 Å². The van der Waals surface area contributed by atoms with Crippen LogP contribution >= 0.6 is 0 Å². The second-order valence-electron chi connectivity index (χ2n) is 6.20. The van der Waals surface area contributed by atoms with Crippen LogP contribution in [0.2, 0.25) is 0 Å². The van der Waals surface area contributed by atoms with E-state index < -0.39 is 0 Å². The van der Waals surface area contributed by atoms with Crippen LogP contribution in [0.1, 0.15) is 44.9 Å². The van der Waals surface area contributed by atoms with Crippen molar-refractivity contribution in [2.45, 2.75) is 50.5 Å². The molecule has 0 bridgehead atoms. The normalized spacial score (nSPS) is 41.4. The number of rotatable bonds is 3. The lowest BCUT2D eigenvalue weighted by atomic mass is 9.60. The first kappa shape index (κ1) is 11.0. The van der Waals surface area contributed by atoms with Crippen molar-refractivity contribution in [1.29, 1.82) is 0 Å². The molecule has 0 amide bonds. The molecule has 3 atom stereocenters. The third-order valence-corrected chi connectivity index (χ3v) is 5.34. The Hall–Kier alpha value is -0.0800. The summed E-state index contributed by atoms with van der Waals surface area (Å²) in [7, 11) is 2.09. The van der Waals surface area contributed by atoms with E-state index in [-0.39, 0.29) is 0 Å². The first-order valence-corrected chi connectivity index (χ1v) is 7.11. The molecule has 1 aliphatic heterocycles. The van der Waals surface area contributed by atoms with Crippen molar-refractivity contribution in [3.63, 3.8) is 0 Å². The zero-order chi connectivity index (χ0) is 11.0. The van der Waals surface area contributed by atoms with Crippen molar-refractivity contribution in [3.8, 4) is 0 Å². The maximum absolute atomic E-state index is 6.03. The predicted octanol–water partition coefficient (Wildman–Crippen LogP) is 2.58. The highest BCUT2D eigenvalue weighted by Gasteiger charge is 2.47. The number of ether oxygens (including phenoxy) is 1. The van der Waals surface area contributed by atoms with Crippen molar-refractivity contribution >= 4 is 0 Å². The topological polar surface area (TPSA) is 21.3 Å². The molecule has 1 spiro atoms. The Kier molecular flexibility index (Phi) is 2.97. The molecule has 3 rings (SSSR count). The summed E-state index contributed by atoms with van der Waals surface area (Å²) < 4.78 is 6.03. The van der Waals surface area contributed by atoms with E-state index in [9.17, 15) is 0 Å². The zero-order valence-corrected chi connectivity index (χ0v) is 10.5. The molecule has 0 radical (unpaired) electrons. The summed E-state index contributed by atoms with van der Waals surface area (Å²) in [6, 6.07) is 0. The van der Waals surface area contributed by atoms with Crippen molar-refractivity contribution < 1.29 is 4.74 Å². The average molecular weight is 223 g/mol. The first-order chi connectivity index (χ1) is 7.83. The van der Waals surface area contributed by atoms with E-state index in [1.807, 2.05) is 0 Å². The van der Waals surface area contributed by atoms with Crippen LogP contribution in [0.4, 0.5) is 0 Å². The second-order valence-corrected chi connectivity index (χ2v) is 6.20. The molecule has 1 N–H and O–H groups in total. The van der Waals surface area contributed by atoms with Gasteiger partial charge in [0.15, 0.2) is 0 Å². The van der Waals surface area contributed by atoms with Gasteiger partial charge in [-0.05, 0) is 76.3 Å². The number of hydrogen-bond acceptors (Lipinski definition) is 2. The van der Waals surface area contributed by atoms with E-state index in [2.05, 4.69) is 12.4 Å². The number of nitrogens with one attached hydrogen (secondary N) is 1. The van der Waals surface area contributed by atoms with Gasteiger partial charge < -0.3 is 10.1 Å². The minimum absolute atomic E-state index is 0.350. The largest absolute Gasteiger partial charge is 0.375 e. The molecule has 92 valence electrons. The maximum Gasteiger partial charge on any atom is 0.0685 e. The molecule has 2 nitrogen and oxygen atoms in total. The van der Waals surface area contributed by atoms with E-state index >= 15 is 0 Å². The zero-order valence-electron chi connectivity index (χ0n) is 10.5. The summed E-state index contributed by atoms with van der Waals surface area (Å²) in [4.78, 5) is 0. The Morgan fingerprint density at radius 2 is 2.12 bits per heavy atom. The highest BCUT2D eigenvalue weighted by atomic mass is 16.5. The van der Waals surface area contributed by atoms with Crippen LogP contribution in [0.3, 0.4) is 0 Å². The molecule has 2 aliphatic carbocycles. The third-order valence-electron chi connectivity index (χ3n) is 5.34. The Morgan fingerprint density at radius 1 is 1.25 bits per heavy atom. The highest BCUT2D eigenvalue weighted by molar-refractivity contribution is 4.98. The van der Waals surface area contributed by atoms with Crippen molar-refractivity contribution in [2.75, 3.05) is 20.2 Å². The molecular formula is C14H25NO. The van der Waals surface area contributed by atoms with E-state index in [4.69, 9.17) is 4.74 Å². The fraction of sp³-hybridized carbons (Fsp3) is 1.00. The Labute approximate surface area is 99.1 Å². The molecule has 0 aromatic heterocycles. The van der Waals surface area contributed by atoms with Crippen molar-refractivity contribution in [1.82, 2.24) is 5.32 Å². The summed E-state index contributed by atoms with van der Waals surface area (Å²) in [5.74, 6) is 2.94. The molecule has 2 heteroatoms. The van der Waals surface area contributed by atoms with Gasteiger partial charge in [0.2, 0.25) is 0 Å². The summed E-state index contributed by atoms with van der Waals surface area (Å²) in [5.41, 5.74) is 0.350. The number of hydrogen-bond donors (Lipinski definition) is 1. The van der Waals surface area contributed by atoms with Gasteiger partial charge in [0.1, 0.15) is 0 Å². The van der Waals surface area contributed by atoms with E-state index in [0.29, 0.717) is 5.60 Å². The van der Waals surface area contributed by atoms with Gasteiger partial charge in [0, 0.05) is 6.61 Å². The highest BCUT2D eigenvalue weighted by Crippen LogP contribution is 2.50. The summed E-state index contributed by atoms with van der Waals surface area (Å²) >= 11 is 0. The van der Waals surface area contributed by atoms with E-state index in [1.165, 1.54) is 51.5 Å². The fourth-order valence-corrected chi connectivity index (χ4v) is 4.08. The molecular weight excluding hydrogens is 198 g/mol. The van der Waals surface area contributed by atoms with Crippen molar-refractivity contribution in [3.05, 3.63) is 0 Å². The Bertz CT molecular complexity index is 249. The third kappa shape index (κ3) is 1.80. The Morgan fingerprint density at radius 3 is 2.69 bits per heavy atom. The maximum atomic E-state index is 6.03. The fourth-order valence-electron chi connectivity index (χ4n) is 4.08. The van der Waals surface area contributed by atoms with Gasteiger partial charge in [0.25, 0.3) is 0 Å². The second kappa shape index (κ2) is 4.30. The smallest absolute Gasteiger partial charge is 0.0685 e. The van der Waals surface area contributed by atoms with Gasteiger partial charge in [-0.15, -0.1) is 0 Å². The molecule has 3 aliphatic rings. The molecule has 1 saturated heterocycles. The lowest BCUT2D eigenvalue weighted by Gasteiger charge is -2.52. The van der Waals surface area contributed by atoms with Gasteiger partial charge in [-0.3, -0.25) is 0 Å². The minimum atomic E-state index is 0.350. The SMILES string of the molecule is CNCC1CCC1C1CCOC2(CCC2)C1. The quantitative estimate of drug-likeness (QED) is 0.794. The molecule has 0 aromatic rings. The lowest BCUT2D eigenvalue weighted by Crippen LogP contribution is -2.49. The monoisotopic (exact) mass is 223 g/mol. The lowest BCUT2D eigenvalue weighted by molar-refractivity contribution is -0.158. The summed E-state index contributed by atoms with van der Waals surface area (Å²) in [6.45, 7) is 2.27. The molecule has 0 aromatic carbocycles. The molecule has 3 unspecified atom stereocenters. The van der Waals surface area contributed by atoms with Crippen LogP contribution in [-0.2, 0) is 4.74 Å². The van der Waals surface area contributed by atoms with Crippen LogP contribution in [0.5, 0.6) is 0 Å².